The minimum absolute atomic E-state index is 0.0951. The van der Waals surface area contributed by atoms with Gasteiger partial charge < -0.3 is 15.5 Å². The van der Waals surface area contributed by atoms with Crippen LogP contribution in [0.25, 0.3) is 11.0 Å². The van der Waals surface area contributed by atoms with Crippen LogP contribution in [0.4, 0.5) is 28.8 Å². The lowest BCUT2D eigenvalue weighted by molar-refractivity contribution is -0.136. The fourth-order valence-corrected chi connectivity index (χ4v) is 8.54. The third kappa shape index (κ3) is 6.35. The average Bonchev–Trinajstić information content (AvgIpc) is 3.83. The van der Waals surface area contributed by atoms with Gasteiger partial charge in [-0.25, -0.2) is 9.67 Å². The van der Waals surface area contributed by atoms with E-state index in [1.54, 1.807) is 16.8 Å². The largest absolute Gasteiger partial charge is 0.371 e. The number of imide groups is 2. The number of aromatic nitrogens is 4. The number of hydrogen-bond acceptors (Lipinski definition) is 11. The second kappa shape index (κ2) is 13.6. The molecule has 14 heteroatoms. The lowest BCUT2D eigenvalue weighted by Gasteiger charge is -2.31. The van der Waals surface area contributed by atoms with Crippen molar-refractivity contribution in [2.75, 3.05) is 41.7 Å². The number of para-hydroxylation sites is 1. The number of hydrogen-bond donors (Lipinski definition) is 3. The number of carbonyl (C=O) groups is 4. The minimum Gasteiger partial charge on any atom is -0.371 e. The van der Waals surface area contributed by atoms with E-state index >= 15 is 0 Å². The van der Waals surface area contributed by atoms with E-state index in [0.717, 1.165) is 95.5 Å². The van der Waals surface area contributed by atoms with Crippen LogP contribution >= 0.6 is 0 Å². The molecule has 2 aromatic heterocycles. The maximum Gasteiger partial charge on any atom is 0.262 e. The quantitative estimate of drug-likeness (QED) is 0.189. The second-order valence-electron chi connectivity index (χ2n) is 15.2. The Morgan fingerprint density at radius 2 is 1.69 bits per heavy atom. The number of carbonyl (C=O) groups excluding carboxylic acids is 4. The topological polar surface area (TPSA) is 158 Å². The normalized spacial score (nSPS) is 19.9. The highest BCUT2D eigenvalue weighted by Gasteiger charge is 2.45. The fourth-order valence-electron chi connectivity index (χ4n) is 8.54. The molecule has 0 aliphatic carbocycles. The average molecular weight is 739 g/mol. The highest BCUT2D eigenvalue weighted by Crippen LogP contribution is 2.34. The summed E-state index contributed by atoms with van der Waals surface area (Å²) in [7, 11) is 1.89. The third-order valence-corrected chi connectivity index (χ3v) is 11.4. The summed E-state index contributed by atoms with van der Waals surface area (Å²) in [6, 6.07) is 17.1. The molecule has 0 bridgehead atoms. The van der Waals surface area contributed by atoms with Gasteiger partial charge in [0.1, 0.15) is 6.04 Å². The molecule has 3 N–H and O–H groups in total. The Balaban J connectivity index is 0.835. The van der Waals surface area contributed by atoms with Crippen molar-refractivity contribution in [2.45, 2.75) is 52.1 Å². The predicted octanol–water partition coefficient (Wildman–Crippen LogP) is 4.75. The molecule has 4 aliphatic heterocycles. The number of rotatable bonds is 8. The number of nitrogens with one attached hydrogen (secondary N) is 3. The number of nitrogens with zero attached hydrogens (tertiary/aromatic N) is 7. The van der Waals surface area contributed by atoms with Crippen molar-refractivity contribution in [3.63, 3.8) is 0 Å². The molecule has 2 fully saturated rings. The van der Waals surface area contributed by atoms with Crippen LogP contribution in [0.1, 0.15) is 62.2 Å². The maximum atomic E-state index is 13.4. The zero-order valence-electron chi connectivity index (χ0n) is 31.1. The van der Waals surface area contributed by atoms with Crippen molar-refractivity contribution in [2.24, 2.45) is 13.0 Å². The number of amides is 4. The summed E-state index contributed by atoms with van der Waals surface area (Å²) >= 11 is 0. The van der Waals surface area contributed by atoms with E-state index in [2.05, 4.69) is 74.9 Å². The van der Waals surface area contributed by atoms with Crippen LogP contribution in [0.5, 0.6) is 0 Å². The Labute approximate surface area is 317 Å². The highest BCUT2D eigenvalue weighted by atomic mass is 16.2. The van der Waals surface area contributed by atoms with Crippen molar-refractivity contribution < 1.29 is 19.2 Å². The smallest absolute Gasteiger partial charge is 0.262 e. The molecule has 4 aliphatic rings. The Morgan fingerprint density at radius 3 is 2.51 bits per heavy atom. The zero-order chi connectivity index (χ0) is 38.0. The Hall–Kier alpha value is -6.15. The van der Waals surface area contributed by atoms with Gasteiger partial charge in [0, 0.05) is 69.5 Å². The summed E-state index contributed by atoms with van der Waals surface area (Å²) in [4.78, 5) is 66.0. The van der Waals surface area contributed by atoms with Gasteiger partial charge in [-0.15, -0.1) is 0 Å². The minimum atomic E-state index is -0.971. The maximum absolute atomic E-state index is 13.4. The summed E-state index contributed by atoms with van der Waals surface area (Å²) in [6.07, 6.45) is 4.05. The van der Waals surface area contributed by atoms with E-state index in [-0.39, 0.29) is 18.7 Å². The summed E-state index contributed by atoms with van der Waals surface area (Å²) < 4.78 is 1.77. The first-order valence-corrected chi connectivity index (χ1v) is 18.8. The molecule has 14 nitrogen and oxygen atoms in total. The Morgan fingerprint density at radius 1 is 0.873 bits per heavy atom. The second-order valence-corrected chi connectivity index (χ2v) is 15.2. The van der Waals surface area contributed by atoms with Crippen LogP contribution in [0.15, 0.2) is 60.8 Å². The molecule has 2 unspecified atom stereocenters. The molecule has 55 heavy (non-hydrogen) atoms. The van der Waals surface area contributed by atoms with Gasteiger partial charge >= 0.3 is 0 Å². The summed E-state index contributed by atoms with van der Waals surface area (Å²) in [5, 5.41) is 14.7. The first-order valence-electron chi connectivity index (χ1n) is 18.8. The van der Waals surface area contributed by atoms with Gasteiger partial charge in [0.25, 0.3) is 11.8 Å². The van der Waals surface area contributed by atoms with Crippen LogP contribution in [0, 0.1) is 19.8 Å². The van der Waals surface area contributed by atoms with Crippen molar-refractivity contribution in [1.82, 2.24) is 34.9 Å². The van der Waals surface area contributed by atoms with Crippen LogP contribution in [0.3, 0.4) is 0 Å². The van der Waals surface area contributed by atoms with Crippen molar-refractivity contribution in [3.05, 3.63) is 94.2 Å². The predicted molar refractivity (Wildman–Crippen MR) is 208 cm³/mol. The van der Waals surface area contributed by atoms with Crippen LogP contribution in [-0.4, -0.2) is 85.4 Å². The third-order valence-electron chi connectivity index (χ3n) is 11.4. The van der Waals surface area contributed by atoms with E-state index in [1.165, 1.54) is 11.1 Å². The van der Waals surface area contributed by atoms with Gasteiger partial charge in [0.05, 0.1) is 16.5 Å². The molecule has 5 aromatic rings. The van der Waals surface area contributed by atoms with Gasteiger partial charge in [-0.3, -0.25) is 34.3 Å². The van der Waals surface area contributed by atoms with E-state index in [4.69, 9.17) is 10.1 Å². The monoisotopic (exact) mass is 738 g/mol. The van der Waals surface area contributed by atoms with Crippen LogP contribution in [0.2, 0.25) is 0 Å². The molecule has 0 spiro atoms. The van der Waals surface area contributed by atoms with Gasteiger partial charge in [-0.05, 0) is 91.6 Å². The van der Waals surface area contributed by atoms with E-state index in [1.807, 2.05) is 25.4 Å². The summed E-state index contributed by atoms with van der Waals surface area (Å²) in [5.41, 5.74) is 9.14. The molecular formula is C41H42N10O4. The molecule has 3 aromatic carbocycles. The lowest BCUT2D eigenvalue weighted by Crippen LogP contribution is -2.54. The summed E-state index contributed by atoms with van der Waals surface area (Å²) in [5.74, 6) is -0.279. The Bertz CT molecular complexity index is 2400. The van der Waals surface area contributed by atoms with Gasteiger partial charge in [-0.2, -0.15) is 10.1 Å². The van der Waals surface area contributed by atoms with E-state index in [0.29, 0.717) is 23.0 Å². The molecule has 0 saturated carbocycles. The molecule has 9 rings (SSSR count). The first-order chi connectivity index (χ1) is 26.6. The number of aryl methyl sites for hydroxylation is 3. The van der Waals surface area contributed by atoms with Crippen molar-refractivity contribution in [1.29, 1.82) is 0 Å². The number of benzene rings is 3. The molecule has 0 radical (unpaired) electrons. The zero-order valence-corrected chi connectivity index (χ0v) is 31.1. The van der Waals surface area contributed by atoms with Crippen LogP contribution < -0.4 is 20.9 Å². The van der Waals surface area contributed by atoms with Gasteiger partial charge in [0.2, 0.25) is 17.8 Å². The molecule has 280 valence electrons. The molecule has 2 saturated heterocycles. The van der Waals surface area contributed by atoms with Gasteiger partial charge in [0.15, 0.2) is 11.5 Å². The fraction of sp³-hybridized carbons (Fsp3) is 0.341. The number of fused-ring (bicyclic) bond motifs is 3. The first kappa shape index (κ1) is 34.6. The standard InChI is InChI=1S/C41H42N10O4/c1-23-5-4-6-24(2)35(23)45-36-32-19-42-41(46-37(32)48(3)47-36)43-28-8-7-26-14-15-49(22-27(26)17-28)20-25-13-16-50(21-25)29-9-10-30-31(18-29)40(55)51(39(30)54)33-11-12-34(52)44-38(33)53/h4-10,17-19,25,33H,11-16,20-22H2,1-3H3,(H,45,47)(H,42,43,46)(H,44,52,53). The number of piperidine rings is 1. The van der Waals surface area contributed by atoms with Crippen molar-refractivity contribution in [3.8, 4) is 0 Å². The Kier molecular flexibility index (Phi) is 8.56. The SMILES string of the molecule is Cc1cccc(C)c1Nc1nn(C)c2nc(Nc3ccc4c(c3)CN(CC3CCN(c5ccc6c(c5)C(=O)N(C5CCC(=O)NC5=O)C6=O)C3)CC4)ncc12. The summed E-state index contributed by atoms with van der Waals surface area (Å²) in [6.45, 7) is 8.65. The molecule has 6 heterocycles. The number of anilines is 5. The molecule has 4 amide bonds. The molecular weight excluding hydrogens is 697 g/mol. The van der Waals surface area contributed by atoms with Crippen LogP contribution in [-0.2, 0) is 29.6 Å². The molecule has 2 atom stereocenters. The lowest BCUT2D eigenvalue weighted by atomic mass is 9.97. The van der Waals surface area contributed by atoms with Crippen molar-refractivity contribution >= 4 is 63.5 Å². The van der Waals surface area contributed by atoms with E-state index < -0.39 is 23.8 Å². The van der Waals surface area contributed by atoms with Gasteiger partial charge in [-0.1, -0.05) is 24.3 Å². The highest BCUT2D eigenvalue weighted by molar-refractivity contribution is 6.23. The van der Waals surface area contributed by atoms with E-state index in [9.17, 15) is 19.2 Å².